The quantitative estimate of drug-likeness (QED) is 0.0952. The van der Waals surface area contributed by atoms with Crippen LogP contribution in [0.2, 0.25) is 0 Å². The van der Waals surface area contributed by atoms with E-state index in [-0.39, 0.29) is 11.5 Å². The number of furan rings is 1. The lowest BCUT2D eigenvalue weighted by molar-refractivity contribution is -0.113. The molecule has 0 radical (unpaired) electrons. The molecule has 214 valence electrons. The molecule has 0 spiro atoms. The first-order chi connectivity index (χ1) is 21.0. The molecule has 0 unspecified atom stereocenters. The summed E-state index contributed by atoms with van der Waals surface area (Å²) >= 11 is 1.42. The molecule has 0 saturated heterocycles. The molecule has 1 heterocycles. The molecule has 4 aromatic carbocycles. The standard InChI is InChI=1S/C35H28N2O5S/c1-41-32-15-9-8-14-29(32)33-21-18-27(42-33)22-30(37-34(39)25-12-6-3-7-13-25)35(40)36-26-16-19-28(20-17-26)43-23-31(38)24-10-4-2-5-11-24/h2-22H,23H2,1H3,(H,36,40)(H,37,39)/b30-22+. The first-order valence-corrected chi connectivity index (χ1v) is 14.4. The lowest BCUT2D eigenvalue weighted by Gasteiger charge is -2.11. The molecule has 43 heavy (non-hydrogen) atoms. The Morgan fingerprint density at radius 2 is 1.42 bits per heavy atom. The van der Waals surface area contributed by atoms with Gasteiger partial charge in [0, 0.05) is 27.8 Å². The van der Waals surface area contributed by atoms with Gasteiger partial charge in [-0.3, -0.25) is 14.4 Å². The highest BCUT2D eigenvalue weighted by molar-refractivity contribution is 8.00. The molecule has 0 atom stereocenters. The number of Topliss-reactive ketones (excluding diaryl/α,β-unsaturated/α-hetero) is 1. The van der Waals surface area contributed by atoms with Crippen LogP contribution in [0.5, 0.6) is 5.75 Å². The van der Waals surface area contributed by atoms with E-state index >= 15 is 0 Å². The second-order valence-electron chi connectivity index (χ2n) is 9.34. The highest BCUT2D eigenvalue weighted by Gasteiger charge is 2.17. The second kappa shape index (κ2) is 14.0. The number of anilines is 1. The number of hydrogen-bond donors (Lipinski definition) is 2. The summed E-state index contributed by atoms with van der Waals surface area (Å²) in [5.41, 5.74) is 2.36. The summed E-state index contributed by atoms with van der Waals surface area (Å²) in [6.07, 6.45) is 1.48. The van der Waals surface area contributed by atoms with Gasteiger partial charge in [0.05, 0.1) is 18.4 Å². The number of thioether (sulfide) groups is 1. The fraction of sp³-hybridized carbons (Fsp3) is 0.0571. The van der Waals surface area contributed by atoms with Gasteiger partial charge in [0.25, 0.3) is 11.8 Å². The van der Waals surface area contributed by atoms with E-state index in [0.29, 0.717) is 39.8 Å². The van der Waals surface area contributed by atoms with Gasteiger partial charge in [0.2, 0.25) is 0 Å². The van der Waals surface area contributed by atoms with Crippen molar-refractivity contribution in [2.45, 2.75) is 4.90 Å². The van der Waals surface area contributed by atoms with Gasteiger partial charge >= 0.3 is 0 Å². The molecule has 8 heteroatoms. The largest absolute Gasteiger partial charge is 0.496 e. The summed E-state index contributed by atoms with van der Waals surface area (Å²) in [6, 6.07) is 35.9. The third-order valence-electron chi connectivity index (χ3n) is 6.39. The third-order valence-corrected chi connectivity index (χ3v) is 7.40. The molecule has 1 aromatic heterocycles. The maximum atomic E-state index is 13.4. The van der Waals surface area contributed by atoms with E-state index in [1.54, 1.807) is 67.8 Å². The summed E-state index contributed by atoms with van der Waals surface area (Å²) in [5, 5.41) is 5.55. The van der Waals surface area contributed by atoms with Crippen molar-refractivity contribution < 1.29 is 23.5 Å². The predicted molar refractivity (Wildman–Crippen MR) is 169 cm³/mol. The molecule has 0 aliphatic rings. The number of nitrogens with one attached hydrogen (secondary N) is 2. The van der Waals surface area contributed by atoms with Crippen LogP contribution in [0, 0.1) is 0 Å². The first-order valence-electron chi connectivity index (χ1n) is 13.4. The molecule has 5 rings (SSSR count). The maximum absolute atomic E-state index is 13.4. The van der Waals surface area contributed by atoms with E-state index in [2.05, 4.69) is 10.6 Å². The Morgan fingerprint density at radius 3 is 2.12 bits per heavy atom. The van der Waals surface area contributed by atoms with E-state index in [4.69, 9.17) is 9.15 Å². The Balaban J connectivity index is 1.32. The average Bonchev–Trinajstić information content (AvgIpc) is 3.53. The highest BCUT2D eigenvalue weighted by atomic mass is 32.2. The Hall–Kier alpha value is -5.34. The van der Waals surface area contributed by atoms with Crippen LogP contribution in [0.25, 0.3) is 17.4 Å². The number of ether oxygens (including phenoxy) is 1. The Morgan fingerprint density at radius 1 is 0.767 bits per heavy atom. The van der Waals surface area contributed by atoms with Crippen LogP contribution >= 0.6 is 11.8 Å². The Bertz CT molecular complexity index is 1750. The van der Waals surface area contributed by atoms with Crippen LogP contribution < -0.4 is 15.4 Å². The van der Waals surface area contributed by atoms with E-state index < -0.39 is 11.8 Å². The first kappa shape index (κ1) is 29.2. The van der Waals surface area contributed by atoms with Crippen molar-refractivity contribution in [3.63, 3.8) is 0 Å². The predicted octanol–water partition coefficient (Wildman–Crippen LogP) is 7.34. The van der Waals surface area contributed by atoms with Crippen molar-refractivity contribution >= 4 is 41.1 Å². The molecule has 5 aromatic rings. The summed E-state index contributed by atoms with van der Waals surface area (Å²) in [4.78, 5) is 39.7. The van der Waals surface area contributed by atoms with Crippen molar-refractivity contribution in [2.75, 3.05) is 18.2 Å². The number of rotatable bonds is 11. The number of hydrogen-bond acceptors (Lipinski definition) is 6. The van der Waals surface area contributed by atoms with Crippen LogP contribution in [-0.4, -0.2) is 30.5 Å². The lowest BCUT2D eigenvalue weighted by Crippen LogP contribution is -2.30. The van der Waals surface area contributed by atoms with Crippen molar-refractivity contribution in [2.24, 2.45) is 0 Å². The third kappa shape index (κ3) is 7.69. The number of benzene rings is 4. The molecule has 0 fully saturated rings. The molecular weight excluding hydrogens is 560 g/mol. The smallest absolute Gasteiger partial charge is 0.272 e. The second-order valence-corrected chi connectivity index (χ2v) is 10.4. The summed E-state index contributed by atoms with van der Waals surface area (Å²) < 4.78 is 11.4. The molecule has 0 aliphatic heterocycles. The van der Waals surface area contributed by atoms with E-state index in [9.17, 15) is 14.4 Å². The van der Waals surface area contributed by atoms with Gasteiger partial charge in [-0.1, -0.05) is 60.7 Å². The van der Waals surface area contributed by atoms with Crippen molar-refractivity contribution in [3.05, 3.63) is 144 Å². The summed E-state index contributed by atoms with van der Waals surface area (Å²) in [5.74, 6) is 0.944. The minimum absolute atomic E-state index is 0.00156. The number of methoxy groups -OCH3 is 1. The number of ketones is 1. The van der Waals surface area contributed by atoms with Crippen LogP contribution in [0.1, 0.15) is 26.5 Å². The molecule has 7 nitrogen and oxygen atoms in total. The van der Waals surface area contributed by atoms with Gasteiger partial charge in [-0.2, -0.15) is 0 Å². The minimum Gasteiger partial charge on any atom is -0.496 e. The number of carbonyl (C=O) groups excluding carboxylic acids is 3. The van der Waals surface area contributed by atoms with Gasteiger partial charge in [-0.15, -0.1) is 11.8 Å². The van der Waals surface area contributed by atoms with Gasteiger partial charge in [0.1, 0.15) is 23.0 Å². The van der Waals surface area contributed by atoms with Gasteiger partial charge in [0.15, 0.2) is 5.78 Å². The topological polar surface area (TPSA) is 97.6 Å². The molecule has 0 saturated carbocycles. The van der Waals surface area contributed by atoms with Crippen molar-refractivity contribution in [1.29, 1.82) is 0 Å². The minimum atomic E-state index is -0.529. The van der Waals surface area contributed by atoms with E-state index in [1.807, 2.05) is 60.7 Å². The van der Waals surface area contributed by atoms with Crippen LogP contribution in [0.3, 0.4) is 0 Å². The molecule has 0 bridgehead atoms. The Labute approximate surface area is 253 Å². The lowest BCUT2D eigenvalue weighted by atomic mass is 10.1. The molecule has 2 amide bonds. The fourth-order valence-corrected chi connectivity index (χ4v) is 4.99. The van der Waals surface area contributed by atoms with Crippen LogP contribution in [0.4, 0.5) is 5.69 Å². The molecule has 0 aliphatic carbocycles. The molecular formula is C35H28N2O5S. The zero-order valence-electron chi connectivity index (χ0n) is 23.3. The van der Waals surface area contributed by atoms with E-state index in [1.165, 1.54) is 17.8 Å². The fourth-order valence-electron chi connectivity index (χ4n) is 4.20. The van der Waals surface area contributed by atoms with Gasteiger partial charge < -0.3 is 19.8 Å². The zero-order chi connectivity index (χ0) is 30.0. The van der Waals surface area contributed by atoms with Crippen LogP contribution in [0.15, 0.2) is 136 Å². The summed E-state index contributed by atoms with van der Waals surface area (Å²) in [7, 11) is 1.58. The van der Waals surface area contributed by atoms with Gasteiger partial charge in [-0.25, -0.2) is 0 Å². The Kier molecular flexibility index (Phi) is 9.51. The van der Waals surface area contributed by atoms with Crippen LogP contribution in [-0.2, 0) is 4.79 Å². The summed E-state index contributed by atoms with van der Waals surface area (Å²) in [6.45, 7) is 0. The van der Waals surface area contributed by atoms with E-state index in [0.717, 1.165) is 10.5 Å². The number of para-hydroxylation sites is 1. The number of amides is 2. The highest BCUT2D eigenvalue weighted by Crippen LogP contribution is 2.31. The van der Waals surface area contributed by atoms with Gasteiger partial charge in [-0.05, 0) is 60.7 Å². The maximum Gasteiger partial charge on any atom is 0.272 e. The molecule has 2 N–H and O–H groups in total. The average molecular weight is 589 g/mol. The normalized spacial score (nSPS) is 11.0. The monoisotopic (exact) mass is 588 g/mol. The van der Waals surface area contributed by atoms with Crippen molar-refractivity contribution in [1.82, 2.24) is 5.32 Å². The number of carbonyl (C=O) groups is 3. The zero-order valence-corrected chi connectivity index (χ0v) is 24.1. The van der Waals surface area contributed by atoms with Crippen molar-refractivity contribution in [3.8, 4) is 17.1 Å². The SMILES string of the molecule is COc1ccccc1-c1ccc(/C=C(/NC(=O)c2ccccc2)C(=O)Nc2ccc(SCC(=O)c3ccccc3)cc2)o1.